The van der Waals surface area contributed by atoms with Gasteiger partial charge in [-0.2, -0.15) is 5.10 Å². The van der Waals surface area contributed by atoms with Crippen molar-refractivity contribution in [3.05, 3.63) is 89.8 Å². The van der Waals surface area contributed by atoms with E-state index in [4.69, 9.17) is 9.72 Å². The van der Waals surface area contributed by atoms with Crippen LogP contribution >= 0.6 is 0 Å². The number of aromatic nitrogens is 4. The third-order valence-electron chi connectivity index (χ3n) is 7.30. The zero-order valence-electron chi connectivity index (χ0n) is 20.9. The standard InChI is InChI=1S/C28H28FN7O2/c1-36-14-10-28(11-15-36,27-32-25(34-35-27)18-8-12-30-13-9-18)33-20-5-2-4-19(16-20)26(37)31-22-17-38-23-7-3-6-21(29)24(22)23/h2-9,12-13,16,22,33H,10-11,14-15,17H2,1H3,(H,31,37)(H,32,34,35). The summed E-state index contributed by atoms with van der Waals surface area (Å²) in [5.41, 5.74) is 2.05. The van der Waals surface area contributed by atoms with Gasteiger partial charge in [0.25, 0.3) is 5.91 Å². The molecule has 2 aromatic heterocycles. The van der Waals surface area contributed by atoms with E-state index in [9.17, 15) is 9.18 Å². The first-order valence-electron chi connectivity index (χ1n) is 12.6. The molecule has 0 saturated carbocycles. The Morgan fingerprint density at radius 3 is 2.74 bits per heavy atom. The van der Waals surface area contributed by atoms with E-state index in [2.05, 4.69) is 37.8 Å². The highest BCUT2D eigenvalue weighted by Gasteiger charge is 2.39. The van der Waals surface area contributed by atoms with E-state index in [1.807, 2.05) is 30.3 Å². The van der Waals surface area contributed by atoms with Crippen molar-refractivity contribution in [2.75, 3.05) is 32.1 Å². The highest BCUT2D eigenvalue weighted by atomic mass is 19.1. The van der Waals surface area contributed by atoms with E-state index in [0.717, 1.165) is 43.0 Å². The number of hydrogen-bond acceptors (Lipinski definition) is 7. The number of nitrogens with one attached hydrogen (secondary N) is 3. The maximum absolute atomic E-state index is 14.4. The van der Waals surface area contributed by atoms with Crippen LogP contribution in [0.4, 0.5) is 10.1 Å². The zero-order chi connectivity index (χ0) is 26.1. The van der Waals surface area contributed by atoms with Crippen LogP contribution in [0.3, 0.4) is 0 Å². The number of benzene rings is 2. The van der Waals surface area contributed by atoms with Crippen LogP contribution in [0.1, 0.15) is 40.6 Å². The molecule has 2 aromatic carbocycles. The molecule has 9 nitrogen and oxygen atoms in total. The molecule has 194 valence electrons. The Kier molecular flexibility index (Phi) is 6.24. The highest BCUT2D eigenvalue weighted by Crippen LogP contribution is 2.36. The SMILES string of the molecule is CN1CCC(Nc2cccc(C(=O)NC3COc4cccc(F)c43)c2)(c2nc(-c3ccncc3)n[nH]2)CC1. The number of hydrogen-bond donors (Lipinski definition) is 3. The fourth-order valence-electron chi connectivity index (χ4n) is 5.13. The Balaban J connectivity index is 1.24. The van der Waals surface area contributed by atoms with E-state index in [1.165, 1.54) is 6.07 Å². The predicted octanol–water partition coefficient (Wildman–Crippen LogP) is 3.90. The number of H-pyrrole nitrogens is 1. The number of nitrogens with zero attached hydrogens (tertiary/aromatic N) is 4. The van der Waals surface area contributed by atoms with Crippen molar-refractivity contribution in [1.29, 1.82) is 0 Å². The van der Waals surface area contributed by atoms with Crippen molar-refractivity contribution in [2.45, 2.75) is 24.4 Å². The Morgan fingerprint density at radius 1 is 1.13 bits per heavy atom. The molecular weight excluding hydrogens is 485 g/mol. The van der Waals surface area contributed by atoms with Crippen molar-refractivity contribution in [3.63, 3.8) is 0 Å². The normalized spacial score (nSPS) is 18.4. The molecule has 0 aliphatic carbocycles. The number of amides is 1. The van der Waals surface area contributed by atoms with Gasteiger partial charge >= 0.3 is 0 Å². The van der Waals surface area contributed by atoms with E-state index < -0.39 is 11.6 Å². The van der Waals surface area contributed by atoms with Crippen molar-refractivity contribution in [3.8, 4) is 17.1 Å². The van der Waals surface area contributed by atoms with E-state index in [1.54, 1.807) is 30.6 Å². The quantitative estimate of drug-likeness (QED) is 0.359. The van der Waals surface area contributed by atoms with Crippen molar-refractivity contribution >= 4 is 11.6 Å². The smallest absolute Gasteiger partial charge is 0.251 e. The Bertz CT molecular complexity index is 1450. The number of ether oxygens (including phenoxy) is 1. The third-order valence-corrected chi connectivity index (χ3v) is 7.30. The Hall–Kier alpha value is -4.31. The summed E-state index contributed by atoms with van der Waals surface area (Å²) in [5.74, 6) is 1.15. The molecule has 3 N–H and O–H groups in total. The number of aromatic amines is 1. The largest absolute Gasteiger partial charge is 0.491 e. The van der Waals surface area contributed by atoms with Crippen LogP contribution in [-0.4, -0.2) is 57.7 Å². The fraction of sp³-hybridized carbons (Fsp3) is 0.286. The number of anilines is 1. The number of pyridine rings is 1. The molecule has 38 heavy (non-hydrogen) atoms. The van der Waals surface area contributed by atoms with Gasteiger partial charge in [0.2, 0.25) is 0 Å². The van der Waals surface area contributed by atoms with Gasteiger partial charge in [0.1, 0.15) is 18.2 Å². The first-order chi connectivity index (χ1) is 18.5. The van der Waals surface area contributed by atoms with Gasteiger partial charge in [-0.15, -0.1) is 0 Å². The molecule has 2 aliphatic heterocycles. The number of fused-ring (bicyclic) bond motifs is 1. The third kappa shape index (κ3) is 4.58. The van der Waals surface area contributed by atoms with Crippen molar-refractivity contribution in [2.24, 2.45) is 0 Å². The zero-order valence-corrected chi connectivity index (χ0v) is 20.9. The lowest BCUT2D eigenvalue weighted by Crippen LogP contribution is -2.46. The lowest BCUT2D eigenvalue weighted by Gasteiger charge is -2.40. The number of carbonyl (C=O) groups is 1. The molecule has 4 heterocycles. The monoisotopic (exact) mass is 513 g/mol. The maximum Gasteiger partial charge on any atom is 0.251 e. The van der Waals surface area contributed by atoms with Gasteiger partial charge in [-0.3, -0.25) is 14.9 Å². The van der Waals surface area contributed by atoms with Gasteiger partial charge in [-0.25, -0.2) is 9.37 Å². The topological polar surface area (TPSA) is 108 Å². The molecule has 1 fully saturated rings. The minimum atomic E-state index is -0.545. The van der Waals surface area contributed by atoms with Gasteiger partial charge in [0, 0.05) is 42.3 Å². The van der Waals surface area contributed by atoms with Crippen molar-refractivity contribution in [1.82, 2.24) is 30.4 Å². The Labute approximate surface area is 219 Å². The summed E-state index contributed by atoms with van der Waals surface area (Å²) in [6, 6.07) is 15.2. The minimum absolute atomic E-state index is 0.196. The summed E-state index contributed by atoms with van der Waals surface area (Å²) in [5, 5.41) is 14.2. The van der Waals surface area contributed by atoms with Crippen LogP contribution in [0.5, 0.6) is 5.75 Å². The summed E-state index contributed by atoms with van der Waals surface area (Å²) in [6.07, 6.45) is 5.05. The number of carbonyl (C=O) groups excluding carboxylic acids is 1. The second kappa shape index (κ2) is 9.86. The van der Waals surface area contributed by atoms with Gasteiger partial charge < -0.3 is 20.3 Å². The van der Waals surface area contributed by atoms with Gasteiger partial charge in [-0.1, -0.05) is 12.1 Å². The lowest BCUT2D eigenvalue weighted by molar-refractivity contribution is 0.0930. The van der Waals surface area contributed by atoms with E-state index in [-0.39, 0.29) is 18.3 Å². The molecule has 6 rings (SSSR count). The van der Waals surface area contributed by atoms with Gasteiger partial charge in [-0.05, 0) is 62.4 Å². The summed E-state index contributed by atoms with van der Waals surface area (Å²) < 4.78 is 20.0. The highest BCUT2D eigenvalue weighted by molar-refractivity contribution is 5.95. The molecule has 10 heteroatoms. The molecule has 2 aliphatic rings. The molecule has 0 bridgehead atoms. The molecule has 1 amide bonds. The average molecular weight is 514 g/mol. The van der Waals surface area contributed by atoms with Gasteiger partial charge in [0.05, 0.1) is 17.1 Å². The van der Waals surface area contributed by atoms with E-state index >= 15 is 0 Å². The van der Waals surface area contributed by atoms with Crippen LogP contribution in [0.2, 0.25) is 0 Å². The van der Waals surface area contributed by atoms with Crippen LogP contribution in [0.15, 0.2) is 67.0 Å². The molecule has 1 atom stereocenters. The summed E-state index contributed by atoms with van der Waals surface area (Å²) in [7, 11) is 2.10. The summed E-state index contributed by atoms with van der Waals surface area (Å²) in [6.45, 7) is 1.96. The molecule has 0 spiro atoms. The van der Waals surface area contributed by atoms with Crippen molar-refractivity contribution < 1.29 is 13.9 Å². The molecular formula is C28H28FN7O2. The number of rotatable bonds is 6. The van der Waals surface area contributed by atoms with Gasteiger partial charge in [0.15, 0.2) is 11.6 Å². The predicted molar refractivity (Wildman–Crippen MR) is 140 cm³/mol. The minimum Gasteiger partial charge on any atom is -0.491 e. The maximum atomic E-state index is 14.4. The first kappa shape index (κ1) is 24.1. The number of likely N-dealkylation sites (tertiary alicyclic amines) is 1. The molecule has 1 saturated heterocycles. The second-order valence-electron chi connectivity index (χ2n) is 9.82. The van der Waals surface area contributed by atoms with Crippen LogP contribution in [0.25, 0.3) is 11.4 Å². The van der Waals surface area contributed by atoms with Crippen LogP contribution in [0, 0.1) is 5.82 Å². The molecule has 1 unspecified atom stereocenters. The molecule has 4 aromatic rings. The van der Waals surface area contributed by atoms with Crippen LogP contribution < -0.4 is 15.4 Å². The lowest BCUT2D eigenvalue weighted by atomic mass is 9.86. The summed E-state index contributed by atoms with van der Waals surface area (Å²) >= 11 is 0. The van der Waals surface area contributed by atoms with E-state index in [0.29, 0.717) is 22.7 Å². The van der Waals surface area contributed by atoms with Crippen LogP contribution in [-0.2, 0) is 5.54 Å². The summed E-state index contributed by atoms with van der Waals surface area (Å²) in [4.78, 5) is 24.4. The molecule has 0 radical (unpaired) electrons. The number of halogens is 1. The second-order valence-corrected chi connectivity index (χ2v) is 9.82. The first-order valence-corrected chi connectivity index (χ1v) is 12.6. The fourth-order valence-corrected chi connectivity index (χ4v) is 5.13. The average Bonchev–Trinajstić information content (AvgIpc) is 3.60. The number of piperidine rings is 1. The Morgan fingerprint density at radius 2 is 1.92 bits per heavy atom.